The average molecular weight is 371 g/mol. The smallest absolute Gasteiger partial charge is 0.272 e. The molecule has 1 aliphatic heterocycles. The van der Waals surface area contributed by atoms with Crippen LogP contribution in [0.3, 0.4) is 0 Å². The summed E-state index contributed by atoms with van der Waals surface area (Å²) < 4.78 is 1.72. The van der Waals surface area contributed by atoms with E-state index < -0.39 is 0 Å². The zero-order chi connectivity index (χ0) is 19.5. The van der Waals surface area contributed by atoms with Crippen LogP contribution in [0.2, 0.25) is 0 Å². The number of carbonyl (C=O) groups excluding carboxylic acids is 1. The van der Waals surface area contributed by atoms with E-state index in [1.54, 1.807) is 10.7 Å². The molecule has 0 spiro atoms. The molecule has 4 rings (SSSR count). The molecule has 28 heavy (non-hydrogen) atoms. The van der Waals surface area contributed by atoms with Crippen LogP contribution in [0.5, 0.6) is 0 Å². The van der Waals surface area contributed by atoms with Crippen LogP contribution < -0.4 is 4.90 Å². The fourth-order valence-corrected chi connectivity index (χ4v) is 3.52. The number of amides is 1. The molecule has 0 bridgehead atoms. The molecule has 1 amide bonds. The highest BCUT2D eigenvalue weighted by Crippen LogP contribution is 2.20. The van der Waals surface area contributed by atoms with Crippen LogP contribution in [0.15, 0.2) is 60.7 Å². The Kier molecular flexibility index (Phi) is 4.81. The molecule has 0 atom stereocenters. The zero-order valence-corrected chi connectivity index (χ0v) is 15.7. The van der Waals surface area contributed by atoms with Crippen molar-refractivity contribution in [1.82, 2.24) is 14.7 Å². The van der Waals surface area contributed by atoms with Crippen molar-refractivity contribution in [3.8, 4) is 11.8 Å². The summed E-state index contributed by atoms with van der Waals surface area (Å²) in [6.45, 7) is 4.64. The van der Waals surface area contributed by atoms with E-state index in [2.05, 4.69) is 16.1 Å². The lowest BCUT2D eigenvalue weighted by Gasteiger charge is -2.36. The lowest BCUT2D eigenvalue weighted by Crippen LogP contribution is -2.49. The van der Waals surface area contributed by atoms with Gasteiger partial charge in [0.05, 0.1) is 23.0 Å². The molecule has 3 aromatic rings. The standard InChI is InChI=1S/C22H21N5O/c1-17-14-21(27(24-17)19-7-3-2-4-8-19)22(28)26-12-10-25(11-13-26)20-9-5-6-18(15-20)16-23/h2-9,14-15H,10-13H2,1H3. The van der Waals surface area contributed by atoms with Crippen LogP contribution in [-0.4, -0.2) is 46.8 Å². The van der Waals surface area contributed by atoms with Crippen LogP contribution in [0.25, 0.3) is 5.69 Å². The number of anilines is 1. The van der Waals surface area contributed by atoms with Crippen molar-refractivity contribution >= 4 is 11.6 Å². The van der Waals surface area contributed by atoms with E-state index >= 15 is 0 Å². The Labute approximate surface area is 164 Å². The van der Waals surface area contributed by atoms with E-state index in [4.69, 9.17) is 5.26 Å². The summed E-state index contributed by atoms with van der Waals surface area (Å²) in [5, 5.41) is 13.6. The van der Waals surface area contributed by atoms with Crippen molar-refractivity contribution in [2.75, 3.05) is 31.1 Å². The lowest BCUT2D eigenvalue weighted by atomic mass is 10.2. The van der Waals surface area contributed by atoms with E-state index in [1.807, 2.05) is 66.4 Å². The molecule has 1 aliphatic rings. The Morgan fingerprint density at radius 3 is 2.39 bits per heavy atom. The highest BCUT2D eigenvalue weighted by Gasteiger charge is 2.25. The number of carbonyl (C=O) groups is 1. The van der Waals surface area contributed by atoms with Crippen molar-refractivity contribution in [3.05, 3.63) is 77.6 Å². The SMILES string of the molecule is Cc1cc(C(=O)N2CCN(c3cccc(C#N)c3)CC2)n(-c2ccccc2)n1. The third kappa shape index (κ3) is 3.47. The monoisotopic (exact) mass is 371 g/mol. The molecular formula is C22H21N5O. The number of nitriles is 1. The molecule has 2 heterocycles. The molecule has 140 valence electrons. The quantitative estimate of drug-likeness (QED) is 0.710. The van der Waals surface area contributed by atoms with Gasteiger partial charge in [0.15, 0.2) is 0 Å². The molecule has 0 N–H and O–H groups in total. The normalized spacial score (nSPS) is 14.0. The van der Waals surface area contributed by atoms with Gasteiger partial charge in [0.25, 0.3) is 5.91 Å². The zero-order valence-electron chi connectivity index (χ0n) is 15.7. The number of piperazine rings is 1. The van der Waals surface area contributed by atoms with Gasteiger partial charge in [-0.1, -0.05) is 24.3 Å². The average Bonchev–Trinajstić information content (AvgIpc) is 3.15. The lowest BCUT2D eigenvalue weighted by molar-refractivity contribution is 0.0737. The molecule has 6 nitrogen and oxygen atoms in total. The highest BCUT2D eigenvalue weighted by atomic mass is 16.2. The van der Waals surface area contributed by atoms with Crippen LogP contribution in [0.4, 0.5) is 5.69 Å². The number of para-hydroxylation sites is 1. The van der Waals surface area contributed by atoms with E-state index in [9.17, 15) is 4.79 Å². The Morgan fingerprint density at radius 2 is 1.68 bits per heavy atom. The molecule has 1 saturated heterocycles. The molecular weight excluding hydrogens is 350 g/mol. The fraction of sp³-hybridized carbons (Fsp3) is 0.227. The van der Waals surface area contributed by atoms with Gasteiger partial charge in [-0.05, 0) is 43.3 Å². The number of aryl methyl sites for hydroxylation is 1. The maximum Gasteiger partial charge on any atom is 0.272 e. The summed E-state index contributed by atoms with van der Waals surface area (Å²) in [6, 6.07) is 21.3. The first kappa shape index (κ1) is 17.8. The van der Waals surface area contributed by atoms with Gasteiger partial charge in [-0.3, -0.25) is 4.79 Å². The molecule has 2 aromatic carbocycles. The van der Waals surface area contributed by atoms with E-state index in [-0.39, 0.29) is 5.91 Å². The van der Waals surface area contributed by atoms with Crippen LogP contribution in [-0.2, 0) is 0 Å². The Hall–Kier alpha value is -3.59. The largest absolute Gasteiger partial charge is 0.368 e. The second-order valence-corrected chi connectivity index (χ2v) is 6.86. The summed E-state index contributed by atoms with van der Waals surface area (Å²) in [6.07, 6.45) is 0. The van der Waals surface area contributed by atoms with Gasteiger partial charge >= 0.3 is 0 Å². The third-order valence-corrected chi connectivity index (χ3v) is 4.96. The van der Waals surface area contributed by atoms with Gasteiger partial charge in [0.1, 0.15) is 5.69 Å². The second-order valence-electron chi connectivity index (χ2n) is 6.86. The summed E-state index contributed by atoms with van der Waals surface area (Å²) in [7, 11) is 0. The summed E-state index contributed by atoms with van der Waals surface area (Å²) in [5.41, 5.74) is 3.96. The Balaban J connectivity index is 1.50. The molecule has 0 saturated carbocycles. The maximum atomic E-state index is 13.2. The van der Waals surface area contributed by atoms with Gasteiger partial charge in [0.2, 0.25) is 0 Å². The number of hydrogen-bond acceptors (Lipinski definition) is 4. The maximum absolute atomic E-state index is 13.2. The van der Waals surface area contributed by atoms with Gasteiger partial charge in [-0.15, -0.1) is 0 Å². The number of benzene rings is 2. The van der Waals surface area contributed by atoms with Crippen LogP contribution in [0, 0.1) is 18.3 Å². The number of aromatic nitrogens is 2. The topological polar surface area (TPSA) is 65.2 Å². The molecule has 1 fully saturated rings. The number of nitrogens with zero attached hydrogens (tertiary/aromatic N) is 5. The number of rotatable bonds is 3. The molecule has 0 aliphatic carbocycles. The van der Waals surface area contributed by atoms with Crippen molar-refractivity contribution < 1.29 is 4.79 Å². The summed E-state index contributed by atoms with van der Waals surface area (Å²) in [4.78, 5) is 17.2. The first-order valence-electron chi connectivity index (χ1n) is 9.32. The molecule has 0 unspecified atom stereocenters. The van der Waals surface area contributed by atoms with Gasteiger partial charge in [-0.2, -0.15) is 10.4 Å². The Bertz CT molecular complexity index is 1030. The minimum atomic E-state index is -0.00474. The van der Waals surface area contributed by atoms with Crippen molar-refractivity contribution in [2.45, 2.75) is 6.92 Å². The van der Waals surface area contributed by atoms with E-state index in [0.29, 0.717) is 24.3 Å². The molecule has 6 heteroatoms. The second kappa shape index (κ2) is 7.57. The first-order chi connectivity index (χ1) is 13.7. The highest BCUT2D eigenvalue weighted by molar-refractivity contribution is 5.93. The first-order valence-corrected chi connectivity index (χ1v) is 9.32. The van der Waals surface area contributed by atoms with Crippen LogP contribution in [0.1, 0.15) is 21.7 Å². The summed E-state index contributed by atoms with van der Waals surface area (Å²) in [5.74, 6) is -0.00474. The molecule has 1 aromatic heterocycles. The predicted octanol–water partition coefficient (Wildman–Crippen LogP) is 3.01. The Morgan fingerprint density at radius 1 is 0.964 bits per heavy atom. The summed E-state index contributed by atoms with van der Waals surface area (Å²) >= 11 is 0. The van der Waals surface area contributed by atoms with Crippen molar-refractivity contribution in [3.63, 3.8) is 0 Å². The van der Waals surface area contributed by atoms with Crippen molar-refractivity contribution in [2.24, 2.45) is 0 Å². The number of hydrogen-bond donors (Lipinski definition) is 0. The predicted molar refractivity (Wildman–Crippen MR) is 108 cm³/mol. The fourth-order valence-electron chi connectivity index (χ4n) is 3.52. The third-order valence-electron chi connectivity index (χ3n) is 4.96. The minimum Gasteiger partial charge on any atom is -0.368 e. The van der Waals surface area contributed by atoms with Gasteiger partial charge in [-0.25, -0.2) is 4.68 Å². The van der Waals surface area contributed by atoms with Crippen molar-refractivity contribution in [1.29, 1.82) is 5.26 Å². The molecule has 0 radical (unpaired) electrons. The van der Waals surface area contributed by atoms with Crippen LogP contribution >= 0.6 is 0 Å². The van der Waals surface area contributed by atoms with Gasteiger partial charge < -0.3 is 9.80 Å². The van der Waals surface area contributed by atoms with E-state index in [1.165, 1.54) is 0 Å². The van der Waals surface area contributed by atoms with E-state index in [0.717, 1.165) is 30.2 Å². The minimum absolute atomic E-state index is 0.00474. The van der Waals surface area contributed by atoms with Gasteiger partial charge in [0, 0.05) is 31.9 Å².